The van der Waals surface area contributed by atoms with E-state index in [2.05, 4.69) is 11.7 Å². The number of nitrogens with zero attached hydrogens (tertiary/aromatic N) is 2. The molecule has 0 N–H and O–H groups in total. The Hall–Kier alpha value is -1.83. The Balaban J connectivity index is 2.38. The van der Waals surface area contributed by atoms with Gasteiger partial charge in [0.15, 0.2) is 0 Å². The number of hydrogen-bond acceptors (Lipinski definition) is 1. The maximum atomic E-state index is 10.7. The molecule has 0 radical (unpaired) electrons. The molecule has 0 atom stereocenters. The van der Waals surface area contributed by atoms with Gasteiger partial charge in [0.25, 0.3) is 0 Å². The van der Waals surface area contributed by atoms with Crippen molar-refractivity contribution in [3.63, 3.8) is 0 Å². The molecule has 2 rings (SSSR count). The molecular formula is C13H13N2O+. The Labute approximate surface area is 94.1 Å². The Morgan fingerprint density at radius 2 is 2.25 bits per heavy atom. The third kappa shape index (κ3) is 1.91. The van der Waals surface area contributed by atoms with E-state index in [0.717, 1.165) is 30.3 Å². The molecule has 3 nitrogen and oxygen atoms in total. The molecule has 0 aliphatic rings. The second kappa shape index (κ2) is 4.79. The molecule has 2 aromatic rings. The first kappa shape index (κ1) is 10.7. The fourth-order valence-electron chi connectivity index (χ4n) is 1.76. The molecule has 0 aliphatic heterocycles. The summed E-state index contributed by atoms with van der Waals surface area (Å²) in [5.74, 6) is 0. The molecule has 1 heterocycles. The van der Waals surface area contributed by atoms with Crippen LogP contribution in [-0.2, 0) is 11.2 Å². The summed E-state index contributed by atoms with van der Waals surface area (Å²) in [6.45, 7) is 4.48. The maximum absolute atomic E-state index is 10.7. The van der Waals surface area contributed by atoms with Gasteiger partial charge in [-0.25, -0.2) is 0 Å². The topological polar surface area (TPSA) is 37.7 Å². The zero-order valence-electron chi connectivity index (χ0n) is 9.02. The minimum atomic E-state index is 0.397. The molecule has 1 aromatic carbocycles. The van der Waals surface area contributed by atoms with E-state index in [1.54, 1.807) is 0 Å². The van der Waals surface area contributed by atoms with E-state index in [1.807, 2.05) is 41.2 Å². The van der Waals surface area contributed by atoms with E-state index in [0.29, 0.717) is 5.69 Å². The first-order valence-electron chi connectivity index (χ1n) is 5.31. The molecule has 0 bridgehead atoms. The first-order valence-corrected chi connectivity index (χ1v) is 5.31. The summed E-state index contributed by atoms with van der Waals surface area (Å²) >= 11 is 0. The van der Waals surface area contributed by atoms with Crippen molar-refractivity contribution >= 4 is 10.9 Å². The van der Waals surface area contributed by atoms with Crippen molar-refractivity contribution in [2.24, 2.45) is 0 Å². The van der Waals surface area contributed by atoms with Crippen LogP contribution in [0, 0.1) is 6.15 Å². The SMILES string of the molecule is C=CCCCn1nc(C#[O+])c2ccccc21. The van der Waals surface area contributed by atoms with Crippen LogP contribution in [-0.4, -0.2) is 9.78 Å². The molecule has 0 saturated heterocycles. The molecule has 0 unspecified atom stereocenters. The third-order valence-electron chi connectivity index (χ3n) is 2.53. The van der Waals surface area contributed by atoms with E-state index in [9.17, 15) is 4.65 Å². The second-order valence-corrected chi connectivity index (χ2v) is 3.62. The fraction of sp³-hybridized carbons (Fsp3) is 0.231. The quantitative estimate of drug-likeness (QED) is 0.437. The summed E-state index contributed by atoms with van der Waals surface area (Å²) < 4.78 is 12.6. The third-order valence-corrected chi connectivity index (χ3v) is 2.53. The summed E-state index contributed by atoms with van der Waals surface area (Å²) in [4.78, 5) is 0. The van der Waals surface area contributed by atoms with Gasteiger partial charge in [-0.2, -0.15) is 0 Å². The van der Waals surface area contributed by atoms with Crippen molar-refractivity contribution in [1.29, 1.82) is 0 Å². The number of aromatic nitrogens is 2. The average molecular weight is 213 g/mol. The van der Waals surface area contributed by atoms with E-state index in [4.69, 9.17) is 0 Å². The van der Waals surface area contributed by atoms with Crippen LogP contribution in [0.5, 0.6) is 0 Å². The molecule has 80 valence electrons. The number of rotatable bonds is 4. The Kier molecular flexibility index (Phi) is 3.20. The van der Waals surface area contributed by atoms with Gasteiger partial charge >= 0.3 is 93.5 Å². The zero-order valence-corrected chi connectivity index (χ0v) is 9.02. The molecule has 0 saturated carbocycles. The summed E-state index contributed by atoms with van der Waals surface area (Å²) in [5.41, 5.74) is 1.39. The van der Waals surface area contributed by atoms with Crippen LogP contribution < -0.4 is 0 Å². The van der Waals surface area contributed by atoms with Crippen LogP contribution in [0.2, 0.25) is 0 Å². The van der Waals surface area contributed by atoms with Gasteiger partial charge in [-0.05, 0) is 0 Å². The minimum absolute atomic E-state index is 0.397. The molecule has 0 fully saturated rings. The van der Waals surface area contributed by atoms with Crippen LogP contribution >= 0.6 is 0 Å². The molecular weight excluding hydrogens is 200 g/mol. The van der Waals surface area contributed by atoms with Crippen LogP contribution in [0.3, 0.4) is 0 Å². The predicted octanol–water partition coefficient (Wildman–Crippen LogP) is 2.74. The Morgan fingerprint density at radius 3 is 3.00 bits per heavy atom. The number of unbranched alkanes of at least 4 members (excludes halogenated alkanes) is 1. The van der Waals surface area contributed by atoms with Crippen molar-refractivity contribution in [3.05, 3.63) is 42.6 Å². The molecule has 0 amide bonds. The van der Waals surface area contributed by atoms with Crippen LogP contribution in [0.4, 0.5) is 0 Å². The standard InChI is InChI=1S/C13H13N2O/c1-2-3-6-9-15-13-8-5-4-7-11(13)12(10-16)14-15/h2,4-5,7-8H,1,3,6,9H2/q+1. The molecule has 0 spiro atoms. The van der Waals surface area contributed by atoms with Crippen LogP contribution in [0.25, 0.3) is 10.9 Å². The second-order valence-electron chi connectivity index (χ2n) is 3.62. The van der Waals surface area contributed by atoms with Crippen molar-refractivity contribution in [2.75, 3.05) is 0 Å². The van der Waals surface area contributed by atoms with Gasteiger partial charge in [0.1, 0.15) is 0 Å². The number of para-hydroxylation sites is 1. The molecule has 0 aliphatic carbocycles. The van der Waals surface area contributed by atoms with Gasteiger partial charge in [0.2, 0.25) is 0 Å². The zero-order chi connectivity index (χ0) is 11.4. The summed E-state index contributed by atoms with van der Waals surface area (Å²) in [6, 6.07) is 7.71. The molecule has 1 aromatic heterocycles. The van der Waals surface area contributed by atoms with Crippen molar-refractivity contribution in [1.82, 2.24) is 9.78 Å². The Morgan fingerprint density at radius 1 is 1.44 bits per heavy atom. The van der Waals surface area contributed by atoms with Crippen LogP contribution in [0.1, 0.15) is 18.5 Å². The van der Waals surface area contributed by atoms with Gasteiger partial charge in [0, 0.05) is 0 Å². The average Bonchev–Trinajstić information content (AvgIpc) is 2.68. The monoisotopic (exact) mass is 213 g/mol. The number of allylic oxidation sites excluding steroid dienone is 1. The van der Waals surface area contributed by atoms with E-state index < -0.39 is 0 Å². The molecule has 16 heavy (non-hydrogen) atoms. The normalized spacial score (nSPS) is 10.2. The van der Waals surface area contributed by atoms with Gasteiger partial charge in [-0.15, -0.1) is 0 Å². The first-order chi connectivity index (χ1) is 7.86. The van der Waals surface area contributed by atoms with Crippen molar-refractivity contribution in [3.8, 4) is 6.15 Å². The number of hydrogen-bond donors (Lipinski definition) is 0. The Bertz CT molecular complexity index is 549. The van der Waals surface area contributed by atoms with Gasteiger partial charge in [-0.3, -0.25) is 0 Å². The van der Waals surface area contributed by atoms with E-state index >= 15 is 0 Å². The van der Waals surface area contributed by atoms with E-state index in [-0.39, 0.29) is 0 Å². The predicted molar refractivity (Wildman–Crippen MR) is 62.8 cm³/mol. The number of benzene rings is 1. The van der Waals surface area contributed by atoms with E-state index in [1.165, 1.54) is 0 Å². The number of aryl methyl sites for hydroxylation is 1. The summed E-state index contributed by atoms with van der Waals surface area (Å²) in [5, 5.41) is 5.11. The fourth-order valence-corrected chi connectivity index (χ4v) is 1.76. The van der Waals surface area contributed by atoms with Crippen LogP contribution in [0.15, 0.2) is 36.9 Å². The summed E-state index contributed by atoms with van der Waals surface area (Å²) in [6.07, 6.45) is 5.70. The van der Waals surface area contributed by atoms with Gasteiger partial charge in [-0.1, -0.05) is 0 Å². The van der Waals surface area contributed by atoms with Crippen molar-refractivity contribution < 1.29 is 4.65 Å². The summed E-state index contributed by atoms with van der Waals surface area (Å²) in [7, 11) is 0. The number of fused-ring (bicyclic) bond motifs is 1. The van der Waals surface area contributed by atoms with Crippen molar-refractivity contribution in [2.45, 2.75) is 19.4 Å². The van der Waals surface area contributed by atoms with Gasteiger partial charge < -0.3 is 0 Å². The molecule has 3 heteroatoms. The van der Waals surface area contributed by atoms with Gasteiger partial charge in [0.05, 0.1) is 0 Å².